The molecule has 0 saturated carbocycles. The van der Waals surface area contributed by atoms with E-state index < -0.39 is 0 Å². The van der Waals surface area contributed by atoms with E-state index in [-0.39, 0.29) is 5.91 Å². The molecular formula is C14H18N4OS2. The zero-order valence-corrected chi connectivity index (χ0v) is 13.5. The van der Waals surface area contributed by atoms with Crippen LogP contribution in [-0.2, 0) is 4.79 Å². The van der Waals surface area contributed by atoms with Crippen molar-refractivity contribution < 1.29 is 4.79 Å². The van der Waals surface area contributed by atoms with E-state index in [0.717, 1.165) is 22.4 Å². The van der Waals surface area contributed by atoms with Crippen molar-refractivity contribution in [3.8, 4) is 0 Å². The smallest absolute Gasteiger partial charge is 0.240 e. The maximum atomic E-state index is 12.1. The van der Waals surface area contributed by atoms with Gasteiger partial charge in [0.15, 0.2) is 5.13 Å². The normalized spacial score (nSPS) is 18.5. The third kappa shape index (κ3) is 3.48. The summed E-state index contributed by atoms with van der Waals surface area (Å²) in [5.41, 5.74) is 7.33. The summed E-state index contributed by atoms with van der Waals surface area (Å²) in [4.78, 5) is 18.6. The first-order chi connectivity index (χ1) is 10.1. The molecule has 1 aliphatic heterocycles. The van der Waals surface area contributed by atoms with Crippen LogP contribution >= 0.6 is 23.1 Å². The van der Waals surface area contributed by atoms with Crippen molar-refractivity contribution in [2.24, 2.45) is 0 Å². The monoisotopic (exact) mass is 322 g/mol. The van der Waals surface area contributed by atoms with Crippen LogP contribution in [0.25, 0.3) is 10.2 Å². The minimum Gasteiger partial charge on any atom is -0.399 e. The third-order valence-corrected chi connectivity index (χ3v) is 5.66. The minimum atomic E-state index is -0.0126. The first-order valence-corrected chi connectivity index (χ1v) is 8.83. The lowest BCUT2D eigenvalue weighted by Crippen LogP contribution is -2.37. The molecule has 1 aliphatic rings. The van der Waals surface area contributed by atoms with Gasteiger partial charge in [-0.25, -0.2) is 4.98 Å². The van der Waals surface area contributed by atoms with E-state index in [0.29, 0.717) is 23.4 Å². The van der Waals surface area contributed by atoms with E-state index in [1.165, 1.54) is 17.1 Å². The summed E-state index contributed by atoms with van der Waals surface area (Å²) < 4.78 is 0.992. The number of nitrogens with one attached hydrogen (secondary N) is 1. The number of hydrogen-bond donors (Lipinski definition) is 2. The highest BCUT2D eigenvalue weighted by Crippen LogP contribution is 2.27. The molecule has 1 unspecified atom stereocenters. The van der Waals surface area contributed by atoms with Crippen molar-refractivity contribution in [3.63, 3.8) is 0 Å². The van der Waals surface area contributed by atoms with Gasteiger partial charge in [-0.1, -0.05) is 11.3 Å². The van der Waals surface area contributed by atoms with Crippen LogP contribution in [0.1, 0.15) is 6.42 Å². The van der Waals surface area contributed by atoms with E-state index in [9.17, 15) is 4.79 Å². The molecule has 5 nitrogen and oxygen atoms in total. The van der Waals surface area contributed by atoms with Crippen molar-refractivity contribution in [1.82, 2.24) is 9.88 Å². The summed E-state index contributed by atoms with van der Waals surface area (Å²) in [7, 11) is 2.01. The van der Waals surface area contributed by atoms with E-state index in [2.05, 4.69) is 15.2 Å². The van der Waals surface area contributed by atoms with Gasteiger partial charge in [0.2, 0.25) is 5.91 Å². The van der Waals surface area contributed by atoms with Crippen LogP contribution in [0.2, 0.25) is 0 Å². The van der Waals surface area contributed by atoms with Crippen LogP contribution in [0.5, 0.6) is 0 Å². The number of nitrogens with two attached hydrogens (primary N) is 1. The van der Waals surface area contributed by atoms with Crippen LogP contribution in [0.3, 0.4) is 0 Å². The van der Waals surface area contributed by atoms with Crippen molar-refractivity contribution in [2.45, 2.75) is 12.5 Å². The van der Waals surface area contributed by atoms with Gasteiger partial charge < -0.3 is 11.1 Å². The number of aromatic nitrogens is 1. The second-order valence-corrected chi connectivity index (χ2v) is 7.41. The van der Waals surface area contributed by atoms with Gasteiger partial charge in [-0.2, -0.15) is 11.8 Å². The lowest BCUT2D eigenvalue weighted by atomic mass is 10.2. The standard InChI is InChI=1S/C14H18N4OS2/c1-18(10-4-5-20-8-10)7-13(19)17-14-16-11-3-2-9(15)6-12(11)21-14/h2-3,6,10H,4-5,7-8,15H2,1H3,(H,16,17,19). The molecule has 2 heterocycles. The Morgan fingerprint density at radius 1 is 1.57 bits per heavy atom. The van der Waals surface area contributed by atoms with E-state index >= 15 is 0 Å². The zero-order chi connectivity index (χ0) is 14.8. The molecule has 1 amide bonds. The fourth-order valence-corrected chi connectivity index (χ4v) is 4.61. The average Bonchev–Trinajstić information content (AvgIpc) is 3.06. The number of thiazole rings is 1. The first kappa shape index (κ1) is 14.6. The van der Waals surface area contributed by atoms with E-state index in [4.69, 9.17) is 5.73 Å². The van der Waals surface area contributed by atoms with Gasteiger partial charge in [0.05, 0.1) is 16.8 Å². The average molecular weight is 322 g/mol. The predicted octanol–water partition coefficient (Wildman–Crippen LogP) is 2.25. The molecule has 7 heteroatoms. The van der Waals surface area contributed by atoms with Crippen molar-refractivity contribution in [1.29, 1.82) is 0 Å². The second kappa shape index (κ2) is 6.21. The Bertz CT molecular complexity index is 651. The fourth-order valence-electron chi connectivity index (χ4n) is 2.38. The SMILES string of the molecule is CN(CC(=O)Nc1nc2ccc(N)cc2s1)C1CCSC1. The van der Waals surface area contributed by atoms with Gasteiger partial charge in [0.25, 0.3) is 0 Å². The van der Waals surface area contributed by atoms with Gasteiger partial charge in [-0.3, -0.25) is 9.69 Å². The molecule has 0 bridgehead atoms. The number of thioether (sulfide) groups is 1. The molecule has 1 atom stereocenters. The Morgan fingerprint density at radius 3 is 3.19 bits per heavy atom. The largest absolute Gasteiger partial charge is 0.399 e. The van der Waals surface area contributed by atoms with E-state index in [1.54, 1.807) is 0 Å². The molecule has 3 rings (SSSR count). The van der Waals surface area contributed by atoms with Crippen molar-refractivity contribution >= 4 is 50.0 Å². The Hall–Kier alpha value is -1.31. The Kier molecular flexibility index (Phi) is 4.32. The van der Waals surface area contributed by atoms with Gasteiger partial charge >= 0.3 is 0 Å². The minimum absolute atomic E-state index is 0.0126. The Balaban J connectivity index is 1.62. The van der Waals surface area contributed by atoms with Crippen LogP contribution in [0.15, 0.2) is 18.2 Å². The number of carbonyl (C=O) groups excluding carboxylic acids is 1. The number of nitrogen functional groups attached to an aromatic ring is 1. The van der Waals surface area contributed by atoms with Crippen LogP contribution in [0, 0.1) is 0 Å². The molecular weight excluding hydrogens is 304 g/mol. The number of anilines is 2. The Labute approximate surface area is 131 Å². The number of nitrogens with zero attached hydrogens (tertiary/aromatic N) is 2. The Morgan fingerprint density at radius 2 is 2.43 bits per heavy atom. The third-order valence-electron chi connectivity index (χ3n) is 3.58. The molecule has 21 heavy (non-hydrogen) atoms. The van der Waals surface area contributed by atoms with Crippen LogP contribution in [0.4, 0.5) is 10.8 Å². The molecule has 1 fully saturated rings. The van der Waals surface area contributed by atoms with Crippen molar-refractivity contribution in [3.05, 3.63) is 18.2 Å². The van der Waals surface area contributed by atoms with Gasteiger partial charge in [0.1, 0.15) is 0 Å². The second-order valence-electron chi connectivity index (χ2n) is 5.23. The van der Waals surface area contributed by atoms with E-state index in [1.807, 2.05) is 37.0 Å². The van der Waals surface area contributed by atoms with Gasteiger partial charge in [0, 0.05) is 17.5 Å². The number of rotatable bonds is 4. The highest BCUT2D eigenvalue weighted by molar-refractivity contribution is 7.99. The quantitative estimate of drug-likeness (QED) is 0.845. The summed E-state index contributed by atoms with van der Waals surface area (Å²) in [6.45, 7) is 0.406. The molecule has 112 valence electrons. The molecule has 2 aromatic rings. The number of hydrogen-bond acceptors (Lipinski definition) is 6. The molecule has 0 spiro atoms. The number of likely N-dealkylation sites (N-methyl/N-ethyl adjacent to an activating group) is 1. The molecule has 3 N–H and O–H groups in total. The van der Waals surface area contributed by atoms with Gasteiger partial charge in [-0.15, -0.1) is 0 Å². The van der Waals surface area contributed by atoms with Crippen LogP contribution in [-0.4, -0.2) is 46.9 Å². The number of benzene rings is 1. The summed E-state index contributed by atoms with van der Waals surface area (Å²) >= 11 is 3.40. The topological polar surface area (TPSA) is 71.2 Å². The summed E-state index contributed by atoms with van der Waals surface area (Å²) in [5.74, 6) is 2.29. The first-order valence-electron chi connectivity index (χ1n) is 6.86. The number of fused-ring (bicyclic) bond motifs is 1. The molecule has 0 radical (unpaired) electrons. The summed E-state index contributed by atoms with van der Waals surface area (Å²) in [6, 6.07) is 6.08. The highest BCUT2D eigenvalue weighted by Gasteiger charge is 2.21. The lowest BCUT2D eigenvalue weighted by molar-refractivity contribution is -0.117. The van der Waals surface area contributed by atoms with Crippen molar-refractivity contribution in [2.75, 3.05) is 36.1 Å². The summed E-state index contributed by atoms with van der Waals surface area (Å²) in [6.07, 6.45) is 1.16. The highest BCUT2D eigenvalue weighted by atomic mass is 32.2. The zero-order valence-electron chi connectivity index (χ0n) is 11.8. The maximum Gasteiger partial charge on any atom is 0.240 e. The lowest BCUT2D eigenvalue weighted by Gasteiger charge is -2.22. The van der Waals surface area contributed by atoms with Crippen LogP contribution < -0.4 is 11.1 Å². The predicted molar refractivity (Wildman–Crippen MR) is 91.0 cm³/mol. The fraction of sp³-hybridized carbons (Fsp3) is 0.429. The number of amides is 1. The molecule has 0 aliphatic carbocycles. The van der Waals surface area contributed by atoms with Gasteiger partial charge in [-0.05, 0) is 37.4 Å². The molecule has 1 saturated heterocycles. The maximum absolute atomic E-state index is 12.1. The summed E-state index contributed by atoms with van der Waals surface area (Å²) in [5, 5.41) is 3.52. The molecule has 1 aromatic carbocycles. The number of carbonyl (C=O) groups is 1. The molecule has 1 aromatic heterocycles.